The molecule has 8 heteroatoms. The molecule has 0 spiro atoms. The summed E-state index contributed by atoms with van der Waals surface area (Å²) in [6, 6.07) is 12.1. The zero-order chi connectivity index (χ0) is 19.2. The second-order valence-electron chi connectivity index (χ2n) is 6.22. The molecule has 0 bridgehead atoms. The first-order valence-electron chi connectivity index (χ1n) is 9.19. The Morgan fingerprint density at radius 2 is 1.96 bits per heavy atom. The Morgan fingerprint density at radius 1 is 1.07 bits per heavy atom. The van der Waals surface area contributed by atoms with Crippen molar-refractivity contribution < 1.29 is 4.52 Å². The van der Waals surface area contributed by atoms with E-state index in [0.29, 0.717) is 11.7 Å². The van der Waals surface area contributed by atoms with Crippen LogP contribution in [-0.2, 0) is 12.8 Å². The molecule has 4 aromatic rings. The van der Waals surface area contributed by atoms with Gasteiger partial charge in [-0.1, -0.05) is 48.1 Å². The predicted octanol–water partition coefficient (Wildman–Crippen LogP) is 4.20. The smallest absolute Gasteiger partial charge is 0.226 e. The number of thioether (sulfide) groups is 1. The molecule has 4 rings (SSSR count). The first-order valence-corrected chi connectivity index (χ1v) is 10.2. The van der Waals surface area contributed by atoms with Crippen LogP contribution in [0.15, 0.2) is 58.5 Å². The van der Waals surface area contributed by atoms with Crippen molar-refractivity contribution in [3.63, 3.8) is 0 Å². The van der Waals surface area contributed by atoms with Crippen LogP contribution in [0.5, 0.6) is 0 Å². The zero-order valence-corrected chi connectivity index (χ0v) is 16.3. The maximum absolute atomic E-state index is 5.32. The molecule has 0 saturated carbocycles. The highest BCUT2D eigenvalue weighted by Crippen LogP contribution is 2.21. The second kappa shape index (κ2) is 8.79. The Kier molecular flexibility index (Phi) is 5.77. The van der Waals surface area contributed by atoms with E-state index in [4.69, 9.17) is 4.52 Å². The van der Waals surface area contributed by atoms with Gasteiger partial charge in [-0.15, -0.1) is 5.10 Å². The molecule has 1 aromatic carbocycles. The average molecular weight is 392 g/mol. The van der Waals surface area contributed by atoms with Crippen LogP contribution in [0, 0.1) is 0 Å². The number of H-pyrrole nitrogens is 1. The highest BCUT2D eigenvalue weighted by molar-refractivity contribution is 7.99. The molecular formula is C20H20N6OS. The minimum atomic E-state index is 0.573. The molecule has 0 aliphatic carbocycles. The van der Waals surface area contributed by atoms with Gasteiger partial charge in [0.1, 0.15) is 0 Å². The van der Waals surface area contributed by atoms with E-state index in [0.717, 1.165) is 47.1 Å². The van der Waals surface area contributed by atoms with Gasteiger partial charge in [-0.3, -0.25) is 10.1 Å². The highest BCUT2D eigenvalue weighted by Gasteiger charge is 2.10. The number of pyridine rings is 1. The van der Waals surface area contributed by atoms with E-state index in [1.54, 1.807) is 24.2 Å². The number of rotatable bonds is 8. The van der Waals surface area contributed by atoms with Crippen molar-refractivity contribution >= 4 is 11.8 Å². The first-order chi connectivity index (χ1) is 13.8. The van der Waals surface area contributed by atoms with Crippen molar-refractivity contribution in [3.05, 3.63) is 60.2 Å². The fourth-order valence-corrected chi connectivity index (χ4v) is 3.43. The number of benzene rings is 1. The molecule has 0 atom stereocenters. The summed E-state index contributed by atoms with van der Waals surface area (Å²) in [5.41, 5.74) is 3.21. The van der Waals surface area contributed by atoms with Crippen LogP contribution in [0.3, 0.4) is 0 Å². The molecular weight excluding hydrogens is 372 g/mol. The summed E-state index contributed by atoms with van der Waals surface area (Å²) in [6.07, 6.45) is 6.09. The Morgan fingerprint density at radius 3 is 2.75 bits per heavy atom. The molecule has 28 heavy (non-hydrogen) atoms. The van der Waals surface area contributed by atoms with Gasteiger partial charge in [-0.2, -0.15) is 4.98 Å². The lowest BCUT2D eigenvalue weighted by atomic mass is 10.1. The average Bonchev–Trinajstić information content (AvgIpc) is 3.42. The van der Waals surface area contributed by atoms with Gasteiger partial charge in [-0.05, 0) is 30.5 Å². The van der Waals surface area contributed by atoms with Crippen LogP contribution >= 0.6 is 11.8 Å². The Balaban J connectivity index is 1.27. The Bertz CT molecular complexity index is 1010. The van der Waals surface area contributed by atoms with Crippen LogP contribution < -0.4 is 0 Å². The van der Waals surface area contributed by atoms with E-state index >= 15 is 0 Å². The van der Waals surface area contributed by atoms with Gasteiger partial charge in [0.25, 0.3) is 0 Å². The lowest BCUT2D eigenvalue weighted by Gasteiger charge is -1.98. The fourth-order valence-electron chi connectivity index (χ4n) is 2.69. The molecule has 3 aromatic heterocycles. The second-order valence-corrected chi connectivity index (χ2v) is 7.28. The Hall–Kier alpha value is -3.00. The topological polar surface area (TPSA) is 93.4 Å². The van der Waals surface area contributed by atoms with Crippen LogP contribution in [0.25, 0.3) is 22.8 Å². The quantitative estimate of drug-likeness (QED) is 0.355. The lowest BCUT2D eigenvalue weighted by Crippen LogP contribution is -1.89. The molecule has 0 saturated heterocycles. The highest BCUT2D eigenvalue weighted by atomic mass is 32.2. The number of nitrogens with zero attached hydrogens (tertiary/aromatic N) is 5. The normalized spacial score (nSPS) is 11.0. The predicted molar refractivity (Wildman–Crippen MR) is 108 cm³/mol. The van der Waals surface area contributed by atoms with Crippen molar-refractivity contribution in [1.82, 2.24) is 30.3 Å². The van der Waals surface area contributed by atoms with Crippen LogP contribution in [0.1, 0.15) is 24.8 Å². The first kappa shape index (κ1) is 18.4. The largest absolute Gasteiger partial charge is 0.339 e. The minimum Gasteiger partial charge on any atom is -0.339 e. The summed E-state index contributed by atoms with van der Waals surface area (Å²) >= 11 is 1.61. The van der Waals surface area contributed by atoms with Gasteiger partial charge in [0.2, 0.25) is 16.9 Å². The summed E-state index contributed by atoms with van der Waals surface area (Å²) in [4.78, 5) is 13.1. The van der Waals surface area contributed by atoms with Crippen molar-refractivity contribution in [1.29, 1.82) is 0 Å². The third kappa shape index (κ3) is 4.45. The molecule has 7 nitrogen and oxygen atoms in total. The summed E-state index contributed by atoms with van der Waals surface area (Å²) in [6.45, 7) is 2.15. The summed E-state index contributed by atoms with van der Waals surface area (Å²) in [5, 5.41) is 12.1. The number of aromatic nitrogens is 6. The van der Waals surface area contributed by atoms with Gasteiger partial charge in [0.05, 0.1) is 0 Å². The maximum Gasteiger partial charge on any atom is 0.226 e. The zero-order valence-electron chi connectivity index (χ0n) is 15.5. The van der Waals surface area contributed by atoms with E-state index in [-0.39, 0.29) is 0 Å². The van der Waals surface area contributed by atoms with Crippen molar-refractivity contribution in [2.75, 3.05) is 5.75 Å². The summed E-state index contributed by atoms with van der Waals surface area (Å²) in [5.74, 6) is 2.87. The van der Waals surface area contributed by atoms with Crippen LogP contribution in [0.4, 0.5) is 0 Å². The fraction of sp³-hybridized carbons (Fsp3) is 0.250. The van der Waals surface area contributed by atoms with E-state index in [2.05, 4.69) is 61.5 Å². The van der Waals surface area contributed by atoms with E-state index < -0.39 is 0 Å². The summed E-state index contributed by atoms with van der Waals surface area (Å²) < 4.78 is 5.32. The van der Waals surface area contributed by atoms with Gasteiger partial charge >= 0.3 is 0 Å². The maximum atomic E-state index is 5.32. The van der Waals surface area contributed by atoms with Crippen molar-refractivity contribution in [2.45, 2.75) is 31.3 Å². The number of nitrogens with one attached hydrogen (secondary N) is 1. The SMILES string of the molecule is CCc1ccc(-c2nc(SCCCc3nc(-c4cccnc4)no3)n[nH]2)cc1. The molecule has 142 valence electrons. The molecule has 0 aliphatic heterocycles. The van der Waals surface area contributed by atoms with E-state index in [1.807, 2.05) is 12.1 Å². The van der Waals surface area contributed by atoms with Crippen LogP contribution in [-0.4, -0.2) is 36.1 Å². The standard InChI is InChI=1S/C20H20N6OS/c1-2-14-7-9-15(10-8-14)18-23-20(25-24-18)28-12-4-6-17-22-19(26-27-17)16-5-3-11-21-13-16/h3,5,7-11,13H,2,4,6,12H2,1H3,(H,23,24,25). The van der Waals surface area contributed by atoms with Crippen molar-refractivity contribution in [2.24, 2.45) is 0 Å². The third-order valence-corrected chi connectivity index (χ3v) is 5.19. The van der Waals surface area contributed by atoms with E-state index in [9.17, 15) is 0 Å². The molecule has 0 amide bonds. The molecule has 0 radical (unpaired) electrons. The van der Waals surface area contributed by atoms with Crippen LogP contribution in [0.2, 0.25) is 0 Å². The number of hydrogen-bond acceptors (Lipinski definition) is 7. The molecule has 3 heterocycles. The molecule has 0 unspecified atom stereocenters. The molecule has 0 fully saturated rings. The van der Waals surface area contributed by atoms with Gasteiger partial charge < -0.3 is 4.52 Å². The van der Waals surface area contributed by atoms with Gasteiger partial charge in [0, 0.05) is 35.7 Å². The van der Waals surface area contributed by atoms with E-state index in [1.165, 1.54) is 5.56 Å². The lowest BCUT2D eigenvalue weighted by molar-refractivity contribution is 0.378. The molecule has 0 aliphatic rings. The monoisotopic (exact) mass is 392 g/mol. The Labute approximate surface area is 167 Å². The summed E-state index contributed by atoms with van der Waals surface area (Å²) in [7, 11) is 0. The minimum absolute atomic E-state index is 0.573. The number of hydrogen-bond donors (Lipinski definition) is 1. The van der Waals surface area contributed by atoms with Gasteiger partial charge in [-0.25, -0.2) is 4.98 Å². The van der Waals surface area contributed by atoms with Crippen molar-refractivity contribution in [3.8, 4) is 22.8 Å². The third-order valence-electron chi connectivity index (χ3n) is 4.25. The number of aromatic amines is 1. The number of aryl methyl sites for hydroxylation is 2. The molecule has 1 N–H and O–H groups in total. The van der Waals surface area contributed by atoms with Gasteiger partial charge in [0.15, 0.2) is 5.82 Å².